The number of aryl methyl sites for hydroxylation is 2. The monoisotopic (exact) mass is 190 g/mol. The van der Waals surface area contributed by atoms with E-state index in [-0.39, 0.29) is 5.78 Å². The second kappa shape index (κ2) is 3.95. The van der Waals surface area contributed by atoms with Crippen molar-refractivity contribution in [3.05, 3.63) is 33.9 Å². The van der Waals surface area contributed by atoms with E-state index in [9.17, 15) is 4.79 Å². The van der Waals surface area contributed by atoms with Gasteiger partial charge in [0, 0.05) is 6.42 Å². The Hall–Kier alpha value is -1.11. The van der Waals surface area contributed by atoms with Gasteiger partial charge in [-0.05, 0) is 62.4 Å². The second-order valence-corrected chi connectivity index (χ2v) is 4.12. The Labute approximate surface area is 86.1 Å². The van der Waals surface area contributed by atoms with Crippen molar-refractivity contribution in [2.24, 2.45) is 0 Å². The van der Waals surface area contributed by atoms with E-state index in [0.29, 0.717) is 6.42 Å². The number of carbonyl (C=O) groups is 1. The predicted molar refractivity (Wildman–Crippen MR) is 59.8 cm³/mol. The Morgan fingerprint density at radius 3 is 1.86 bits per heavy atom. The second-order valence-electron chi connectivity index (χ2n) is 4.12. The highest BCUT2D eigenvalue weighted by Gasteiger charge is 2.09. The Kier molecular flexibility index (Phi) is 3.10. The Morgan fingerprint density at radius 1 is 1.07 bits per heavy atom. The lowest BCUT2D eigenvalue weighted by Gasteiger charge is -2.13. The average Bonchev–Trinajstić information content (AvgIpc) is 2.09. The first-order chi connectivity index (χ1) is 6.43. The molecule has 0 aliphatic carbocycles. The molecule has 76 valence electrons. The fourth-order valence-corrected chi connectivity index (χ4v) is 1.81. The van der Waals surface area contributed by atoms with Crippen molar-refractivity contribution >= 4 is 5.78 Å². The maximum absolute atomic E-state index is 11.1. The first-order valence-electron chi connectivity index (χ1n) is 4.99. The molecule has 1 heteroatoms. The molecular formula is C13H18O. The first kappa shape index (κ1) is 11.0. The lowest BCUT2D eigenvalue weighted by Crippen LogP contribution is -2.04. The van der Waals surface area contributed by atoms with Crippen LogP contribution in [0.2, 0.25) is 0 Å². The summed E-state index contributed by atoms with van der Waals surface area (Å²) in [7, 11) is 0. The van der Waals surface area contributed by atoms with Crippen molar-refractivity contribution in [1.82, 2.24) is 0 Å². The van der Waals surface area contributed by atoms with Gasteiger partial charge in [0.1, 0.15) is 5.78 Å². The molecule has 1 aromatic rings. The van der Waals surface area contributed by atoms with E-state index >= 15 is 0 Å². The van der Waals surface area contributed by atoms with Crippen LogP contribution >= 0.6 is 0 Å². The summed E-state index contributed by atoms with van der Waals surface area (Å²) in [4.78, 5) is 11.1. The summed E-state index contributed by atoms with van der Waals surface area (Å²) in [5.41, 5.74) is 6.32. The van der Waals surface area contributed by atoms with Crippen molar-refractivity contribution in [2.75, 3.05) is 0 Å². The van der Waals surface area contributed by atoms with Crippen LogP contribution in [-0.4, -0.2) is 5.78 Å². The summed E-state index contributed by atoms with van der Waals surface area (Å²) in [6.07, 6.45) is 0.570. The van der Waals surface area contributed by atoms with Gasteiger partial charge in [0.15, 0.2) is 0 Å². The zero-order valence-corrected chi connectivity index (χ0v) is 9.69. The molecule has 1 rings (SSSR count). The van der Waals surface area contributed by atoms with Crippen molar-refractivity contribution in [3.8, 4) is 0 Å². The lowest BCUT2D eigenvalue weighted by molar-refractivity contribution is -0.116. The SMILES string of the molecule is CC(=O)Cc1c(C)c(C)cc(C)c1C. The highest BCUT2D eigenvalue weighted by Crippen LogP contribution is 2.22. The minimum Gasteiger partial charge on any atom is -0.300 e. The minimum absolute atomic E-state index is 0.237. The van der Waals surface area contributed by atoms with Gasteiger partial charge in [-0.2, -0.15) is 0 Å². The molecule has 0 amide bonds. The Morgan fingerprint density at radius 2 is 1.50 bits per heavy atom. The molecule has 0 bridgehead atoms. The number of ketones is 1. The molecule has 0 atom stereocenters. The third-order valence-electron chi connectivity index (χ3n) is 2.95. The molecule has 0 N–H and O–H groups in total. The maximum atomic E-state index is 11.1. The largest absolute Gasteiger partial charge is 0.300 e. The molecule has 0 saturated carbocycles. The molecule has 0 saturated heterocycles. The zero-order valence-electron chi connectivity index (χ0n) is 9.69. The molecule has 0 fully saturated rings. The van der Waals surface area contributed by atoms with Gasteiger partial charge in [0.2, 0.25) is 0 Å². The van der Waals surface area contributed by atoms with Crippen LogP contribution in [0.1, 0.15) is 34.7 Å². The Bertz CT molecular complexity index is 349. The summed E-state index contributed by atoms with van der Waals surface area (Å²) in [5.74, 6) is 0.237. The van der Waals surface area contributed by atoms with E-state index in [0.717, 1.165) is 0 Å². The summed E-state index contributed by atoms with van der Waals surface area (Å²) < 4.78 is 0. The third kappa shape index (κ3) is 2.03. The quantitative estimate of drug-likeness (QED) is 0.700. The number of carbonyl (C=O) groups excluding carboxylic acids is 1. The molecule has 0 aliphatic heterocycles. The predicted octanol–water partition coefficient (Wildman–Crippen LogP) is 3.05. The van der Waals surface area contributed by atoms with Crippen LogP contribution in [0.15, 0.2) is 6.07 Å². The van der Waals surface area contributed by atoms with Crippen molar-refractivity contribution in [1.29, 1.82) is 0 Å². The summed E-state index contributed by atoms with van der Waals surface area (Å²) in [6, 6.07) is 2.19. The number of rotatable bonds is 2. The van der Waals surface area contributed by atoms with Crippen molar-refractivity contribution in [2.45, 2.75) is 41.0 Å². The lowest BCUT2D eigenvalue weighted by atomic mass is 9.91. The first-order valence-corrected chi connectivity index (χ1v) is 4.99. The van der Waals surface area contributed by atoms with E-state index < -0.39 is 0 Å². The topological polar surface area (TPSA) is 17.1 Å². The number of Topliss-reactive ketones (excluding diaryl/α,β-unsaturated/α-hetero) is 1. The fourth-order valence-electron chi connectivity index (χ4n) is 1.81. The molecule has 1 nitrogen and oxygen atoms in total. The van der Waals surface area contributed by atoms with Gasteiger partial charge >= 0.3 is 0 Å². The summed E-state index contributed by atoms with van der Waals surface area (Å²) >= 11 is 0. The third-order valence-corrected chi connectivity index (χ3v) is 2.95. The van der Waals surface area contributed by atoms with Crippen LogP contribution < -0.4 is 0 Å². The molecule has 1 aromatic carbocycles. The van der Waals surface area contributed by atoms with Crippen LogP contribution in [0, 0.1) is 27.7 Å². The maximum Gasteiger partial charge on any atom is 0.134 e. The average molecular weight is 190 g/mol. The minimum atomic E-state index is 0.237. The summed E-state index contributed by atoms with van der Waals surface area (Å²) in [5, 5.41) is 0. The normalized spacial score (nSPS) is 10.4. The molecule has 0 aromatic heterocycles. The van der Waals surface area contributed by atoms with Crippen LogP contribution in [0.3, 0.4) is 0 Å². The molecule has 0 spiro atoms. The number of hydrogen-bond acceptors (Lipinski definition) is 1. The van der Waals surface area contributed by atoms with E-state index in [1.165, 1.54) is 27.8 Å². The fraction of sp³-hybridized carbons (Fsp3) is 0.462. The number of benzene rings is 1. The van der Waals surface area contributed by atoms with E-state index in [4.69, 9.17) is 0 Å². The van der Waals surface area contributed by atoms with Crippen LogP contribution in [-0.2, 0) is 11.2 Å². The van der Waals surface area contributed by atoms with Crippen LogP contribution in [0.5, 0.6) is 0 Å². The van der Waals surface area contributed by atoms with Crippen molar-refractivity contribution < 1.29 is 4.79 Å². The van der Waals surface area contributed by atoms with E-state index in [1.54, 1.807) is 6.92 Å². The molecular weight excluding hydrogens is 172 g/mol. The van der Waals surface area contributed by atoms with Gasteiger partial charge in [-0.3, -0.25) is 4.79 Å². The van der Waals surface area contributed by atoms with Gasteiger partial charge in [0.25, 0.3) is 0 Å². The van der Waals surface area contributed by atoms with E-state index in [2.05, 4.69) is 33.8 Å². The molecule has 14 heavy (non-hydrogen) atoms. The van der Waals surface area contributed by atoms with Gasteiger partial charge in [-0.25, -0.2) is 0 Å². The van der Waals surface area contributed by atoms with Crippen molar-refractivity contribution in [3.63, 3.8) is 0 Å². The summed E-state index contributed by atoms with van der Waals surface area (Å²) in [6.45, 7) is 10.0. The standard InChI is InChI=1S/C13H18O/c1-8-6-9(2)12(5)13(11(8)4)7-10(3)14/h6H,7H2,1-5H3. The zero-order chi connectivity index (χ0) is 10.9. The van der Waals surface area contributed by atoms with Crippen LogP contribution in [0.4, 0.5) is 0 Å². The smallest absolute Gasteiger partial charge is 0.134 e. The van der Waals surface area contributed by atoms with Gasteiger partial charge in [0.05, 0.1) is 0 Å². The van der Waals surface area contributed by atoms with E-state index in [1.807, 2.05) is 0 Å². The highest BCUT2D eigenvalue weighted by molar-refractivity contribution is 5.79. The Balaban J connectivity index is 3.31. The van der Waals surface area contributed by atoms with Crippen LogP contribution in [0.25, 0.3) is 0 Å². The van der Waals surface area contributed by atoms with Gasteiger partial charge in [-0.1, -0.05) is 6.07 Å². The van der Waals surface area contributed by atoms with Gasteiger partial charge in [-0.15, -0.1) is 0 Å². The number of hydrogen-bond donors (Lipinski definition) is 0. The van der Waals surface area contributed by atoms with Gasteiger partial charge < -0.3 is 0 Å². The molecule has 0 heterocycles. The molecule has 0 radical (unpaired) electrons. The highest BCUT2D eigenvalue weighted by atomic mass is 16.1. The molecule has 0 unspecified atom stereocenters. The molecule has 0 aliphatic rings.